The van der Waals surface area contributed by atoms with Crippen molar-refractivity contribution >= 4 is 32.7 Å². The van der Waals surface area contributed by atoms with Crippen LogP contribution >= 0.6 is 0 Å². The van der Waals surface area contributed by atoms with Crippen LogP contribution in [0.1, 0.15) is 0 Å². The second-order valence-electron chi connectivity index (χ2n) is 12.4. The molecule has 3 nitrogen and oxygen atoms in total. The Morgan fingerprint density at radius 3 is 1.55 bits per heavy atom. The predicted molar refractivity (Wildman–Crippen MR) is 199 cm³/mol. The number of halogens is 3. The molecule has 0 atom stereocenters. The minimum atomic E-state index is -1.50. The lowest BCUT2D eigenvalue weighted by molar-refractivity contribution is 0.448. The summed E-state index contributed by atoms with van der Waals surface area (Å²) < 4.78 is 42.7. The molecule has 0 radical (unpaired) electrons. The van der Waals surface area contributed by atoms with Crippen LogP contribution in [0.5, 0.6) is 0 Å². The zero-order chi connectivity index (χ0) is 34.5. The average Bonchev–Trinajstić information content (AvgIpc) is 3.19. The summed E-state index contributed by atoms with van der Waals surface area (Å²) in [7, 11) is 0. The molecule has 2 heterocycles. The van der Waals surface area contributed by atoms with Gasteiger partial charge in [-0.3, -0.25) is 0 Å². The second-order valence-corrected chi connectivity index (χ2v) is 12.4. The Labute approximate surface area is 291 Å². The highest BCUT2D eigenvalue weighted by Gasteiger charge is 2.22. The molecule has 0 aliphatic rings. The average molecular weight is 666 g/mol. The monoisotopic (exact) mass is 665 g/mol. The van der Waals surface area contributed by atoms with Crippen molar-refractivity contribution in [1.82, 2.24) is 15.0 Å². The van der Waals surface area contributed by atoms with Crippen molar-refractivity contribution in [3.63, 3.8) is 0 Å². The normalized spacial score (nSPS) is 11.4. The highest BCUT2D eigenvalue weighted by molar-refractivity contribution is 6.25. The molecule has 0 bridgehead atoms. The highest BCUT2D eigenvalue weighted by Crippen LogP contribution is 2.44. The minimum Gasteiger partial charge on any atom is -0.247 e. The standard InChI is InChI=1S/C45H26F3N3/c46-35-24-32(25-36(47)41(35)48)30-19-12-20-31(23-30)42-40-39(33-21-10-11-22-37(33)49-42)34(27-13-4-1-5-14-27)26-38-45(40)51-44(29-17-8-3-9-18-29)43(50-38)28-15-6-2-7-16-28/h1-26H. The molecule has 0 fully saturated rings. The maximum atomic E-state index is 14.4. The molecular weight excluding hydrogens is 640 g/mol. The van der Waals surface area contributed by atoms with Gasteiger partial charge in [0, 0.05) is 32.8 Å². The zero-order valence-corrected chi connectivity index (χ0v) is 27.0. The first kappa shape index (κ1) is 30.4. The fourth-order valence-electron chi connectivity index (χ4n) is 6.88. The lowest BCUT2D eigenvalue weighted by Crippen LogP contribution is -2.00. The van der Waals surface area contributed by atoms with Crippen LogP contribution in [0.3, 0.4) is 0 Å². The molecule has 0 N–H and O–H groups in total. The summed E-state index contributed by atoms with van der Waals surface area (Å²) in [5.74, 6) is -4.00. The number of hydrogen-bond acceptors (Lipinski definition) is 3. The molecular formula is C45H26F3N3. The SMILES string of the molecule is Fc1cc(-c2cccc(-c3nc4ccccc4c4c(-c5ccccc5)cc5nc(-c6ccccc6)c(-c6ccccc6)nc5c34)c2)cc(F)c1F. The van der Waals surface area contributed by atoms with Crippen LogP contribution in [0.15, 0.2) is 158 Å². The summed E-state index contributed by atoms with van der Waals surface area (Å²) in [6, 6.07) is 49.6. The van der Waals surface area contributed by atoms with Crippen molar-refractivity contribution in [2.24, 2.45) is 0 Å². The lowest BCUT2D eigenvalue weighted by atomic mass is 9.90. The van der Waals surface area contributed by atoms with Gasteiger partial charge in [-0.05, 0) is 52.6 Å². The van der Waals surface area contributed by atoms with Crippen molar-refractivity contribution < 1.29 is 13.2 Å². The summed E-state index contributed by atoms with van der Waals surface area (Å²) in [4.78, 5) is 16.1. The molecule has 0 saturated heterocycles. The van der Waals surface area contributed by atoms with E-state index < -0.39 is 17.5 Å². The van der Waals surface area contributed by atoms with E-state index in [1.807, 2.05) is 115 Å². The second kappa shape index (κ2) is 12.3. The van der Waals surface area contributed by atoms with Crippen molar-refractivity contribution in [3.8, 4) is 56.0 Å². The van der Waals surface area contributed by atoms with E-state index >= 15 is 0 Å². The number of fused-ring (bicyclic) bond motifs is 5. The lowest BCUT2D eigenvalue weighted by Gasteiger charge is -2.18. The van der Waals surface area contributed by atoms with Gasteiger partial charge in [-0.1, -0.05) is 127 Å². The van der Waals surface area contributed by atoms with Gasteiger partial charge in [0.15, 0.2) is 17.5 Å². The first-order valence-electron chi connectivity index (χ1n) is 16.5. The van der Waals surface area contributed by atoms with E-state index in [4.69, 9.17) is 15.0 Å². The largest absolute Gasteiger partial charge is 0.247 e. The fraction of sp³-hybridized carbons (Fsp3) is 0. The van der Waals surface area contributed by atoms with E-state index in [9.17, 15) is 13.2 Å². The van der Waals surface area contributed by atoms with Crippen LogP contribution < -0.4 is 0 Å². The van der Waals surface area contributed by atoms with Gasteiger partial charge in [0.1, 0.15) is 0 Å². The number of aromatic nitrogens is 3. The molecule has 7 aromatic carbocycles. The van der Waals surface area contributed by atoms with Crippen LogP contribution in [-0.4, -0.2) is 15.0 Å². The van der Waals surface area contributed by atoms with Gasteiger partial charge in [0.25, 0.3) is 0 Å². The van der Waals surface area contributed by atoms with E-state index in [2.05, 4.69) is 24.3 Å². The van der Waals surface area contributed by atoms with Crippen molar-refractivity contribution in [2.45, 2.75) is 0 Å². The summed E-state index contributed by atoms with van der Waals surface area (Å²) in [5, 5.41) is 2.70. The summed E-state index contributed by atoms with van der Waals surface area (Å²) in [6.45, 7) is 0. The number of nitrogens with zero attached hydrogens (tertiary/aromatic N) is 3. The first-order valence-corrected chi connectivity index (χ1v) is 16.5. The number of para-hydroxylation sites is 1. The Morgan fingerprint density at radius 1 is 0.353 bits per heavy atom. The molecule has 9 aromatic rings. The van der Waals surface area contributed by atoms with E-state index in [1.165, 1.54) is 0 Å². The number of benzene rings is 7. The molecule has 0 aliphatic heterocycles. The molecule has 51 heavy (non-hydrogen) atoms. The molecule has 0 aliphatic carbocycles. The van der Waals surface area contributed by atoms with E-state index in [0.29, 0.717) is 27.9 Å². The van der Waals surface area contributed by atoms with E-state index in [0.717, 1.165) is 67.4 Å². The smallest absolute Gasteiger partial charge is 0.194 e. The summed E-state index contributed by atoms with van der Waals surface area (Å²) >= 11 is 0. The van der Waals surface area contributed by atoms with Crippen molar-refractivity contribution in [2.75, 3.05) is 0 Å². The number of rotatable bonds is 5. The number of hydrogen-bond donors (Lipinski definition) is 0. The minimum absolute atomic E-state index is 0.215. The molecule has 0 saturated carbocycles. The van der Waals surface area contributed by atoms with Gasteiger partial charge in [0.2, 0.25) is 0 Å². The Morgan fingerprint density at radius 2 is 0.882 bits per heavy atom. The molecule has 6 heteroatoms. The van der Waals surface area contributed by atoms with Gasteiger partial charge in [-0.2, -0.15) is 0 Å². The molecule has 242 valence electrons. The van der Waals surface area contributed by atoms with Gasteiger partial charge in [-0.15, -0.1) is 0 Å². The Kier molecular flexibility index (Phi) is 7.36. The van der Waals surface area contributed by atoms with Gasteiger partial charge in [-0.25, -0.2) is 28.1 Å². The maximum Gasteiger partial charge on any atom is 0.194 e. The third-order valence-corrected chi connectivity index (χ3v) is 9.23. The zero-order valence-electron chi connectivity index (χ0n) is 27.0. The van der Waals surface area contributed by atoms with Gasteiger partial charge in [0.05, 0.1) is 33.6 Å². The number of pyridine rings is 1. The fourth-order valence-corrected chi connectivity index (χ4v) is 6.88. The van der Waals surface area contributed by atoms with Gasteiger partial charge >= 0.3 is 0 Å². The molecule has 0 unspecified atom stereocenters. The van der Waals surface area contributed by atoms with Crippen LogP contribution in [0, 0.1) is 17.5 Å². The third kappa shape index (κ3) is 5.29. The van der Waals surface area contributed by atoms with Crippen LogP contribution in [-0.2, 0) is 0 Å². The third-order valence-electron chi connectivity index (χ3n) is 9.23. The Balaban J connectivity index is 1.45. The predicted octanol–water partition coefficient (Wildman–Crippen LogP) is 12.1. The van der Waals surface area contributed by atoms with Crippen LogP contribution in [0.25, 0.3) is 88.7 Å². The van der Waals surface area contributed by atoms with Crippen molar-refractivity contribution in [3.05, 3.63) is 175 Å². The topological polar surface area (TPSA) is 38.7 Å². The van der Waals surface area contributed by atoms with Crippen LogP contribution in [0.4, 0.5) is 13.2 Å². The van der Waals surface area contributed by atoms with E-state index in [-0.39, 0.29) is 5.56 Å². The van der Waals surface area contributed by atoms with E-state index in [1.54, 1.807) is 6.07 Å². The Bertz CT molecular complexity index is 2750. The maximum absolute atomic E-state index is 14.4. The highest BCUT2D eigenvalue weighted by atomic mass is 19.2. The first-order chi connectivity index (χ1) is 25.0. The summed E-state index contributed by atoms with van der Waals surface area (Å²) in [5.41, 5.74) is 9.53. The molecule has 0 spiro atoms. The summed E-state index contributed by atoms with van der Waals surface area (Å²) in [6.07, 6.45) is 0. The quantitative estimate of drug-likeness (QED) is 0.136. The molecule has 2 aromatic heterocycles. The van der Waals surface area contributed by atoms with Crippen LogP contribution in [0.2, 0.25) is 0 Å². The molecule has 0 amide bonds. The van der Waals surface area contributed by atoms with Gasteiger partial charge < -0.3 is 0 Å². The van der Waals surface area contributed by atoms with Crippen molar-refractivity contribution in [1.29, 1.82) is 0 Å². The Hall–Kier alpha value is -6.66. The molecule has 9 rings (SSSR count).